The zero-order chi connectivity index (χ0) is 13.8. The smallest absolute Gasteiger partial charge is 0.272 e. The summed E-state index contributed by atoms with van der Waals surface area (Å²) in [6.45, 7) is 4.15. The van der Waals surface area contributed by atoms with Gasteiger partial charge < -0.3 is 15.6 Å². The van der Waals surface area contributed by atoms with Crippen LogP contribution in [0.2, 0.25) is 0 Å². The van der Waals surface area contributed by atoms with Crippen LogP contribution >= 0.6 is 0 Å². The van der Waals surface area contributed by atoms with Crippen molar-refractivity contribution in [3.63, 3.8) is 0 Å². The molecule has 1 amide bonds. The first-order valence-electron chi connectivity index (χ1n) is 5.87. The van der Waals surface area contributed by atoms with Crippen LogP contribution in [0.25, 0.3) is 0 Å². The minimum absolute atomic E-state index is 0.127. The van der Waals surface area contributed by atoms with Crippen molar-refractivity contribution in [2.24, 2.45) is 0 Å². The number of nitrogens with zero attached hydrogens (tertiary/aromatic N) is 3. The van der Waals surface area contributed by atoms with Gasteiger partial charge in [0, 0.05) is 12.0 Å². The molecule has 100 valence electrons. The Balaban J connectivity index is 2.11. The molecule has 7 heteroatoms. The Morgan fingerprint density at radius 1 is 1.53 bits per heavy atom. The minimum atomic E-state index is -0.357. The van der Waals surface area contributed by atoms with Crippen molar-refractivity contribution >= 4 is 11.6 Å². The highest BCUT2D eigenvalue weighted by molar-refractivity contribution is 5.96. The summed E-state index contributed by atoms with van der Waals surface area (Å²) in [6.07, 6.45) is 2.89. The van der Waals surface area contributed by atoms with E-state index in [2.05, 4.69) is 25.0 Å². The third-order valence-corrected chi connectivity index (χ3v) is 2.49. The molecule has 0 saturated heterocycles. The molecular weight excluding hydrogens is 246 g/mol. The summed E-state index contributed by atoms with van der Waals surface area (Å²) >= 11 is 0. The van der Waals surface area contributed by atoms with Gasteiger partial charge in [-0.05, 0) is 0 Å². The minimum Gasteiger partial charge on any atom is -0.396 e. The van der Waals surface area contributed by atoms with Gasteiger partial charge in [-0.2, -0.15) is 0 Å². The number of nitrogens with one attached hydrogen (secondary N) is 1. The first kappa shape index (κ1) is 13.0. The molecule has 2 aromatic heterocycles. The van der Waals surface area contributed by atoms with E-state index < -0.39 is 0 Å². The molecule has 2 aromatic rings. The Bertz CT molecular complexity index is 566. The summed E-state index contributed by atoms with van der Waals surface area (Å²) in [7, 11) is 0. The molecule has 0 aromatic carbocycles. The maximum absolute atomic E-state index is 12.0. The molecule has 19 heavy (non-hydrogen) atoms. The van der Waals surface area contributed by atoms with Crippen molar-refractivity contribution in [3.05, 3.63) is 35.7 Å². The van der Waals surface area contributed by atoms with Crippen LogP contribution in [0, 0.1) is 0 Å². The van der Waals surface area contributed by atoms with Crippen LogP contribution in [0.5, 0.6) is 0 Å². The van der Waals surface area contributed by atoms with Crippen molar-refractivity contribution in [2.75, 3.05) is 5.73 Å². The standard InChI is InChI=1S/C12H15N5O2/c1-7(2)11-14-6-9(13)10(16-11)12(18)15-5-8-3-4-19-17-8/h3-4,6-7H,5,13H2,1-2H3,(H,15,18). The van der Waals surface area contributed by atoms with Crippen molar-refractivity contribution in [3.8, 4) is 0 Å². The van der Waals surface area contributed by atoms with Crippen LogP contribution in [-0.4, -0.2) is 21.0 Å². The number of hydrogen-bond donors (Lipinski definition) is 2. The second-order valence-corrected chi connectivity index (χ2v) is 4.36. The molecule has 3 N–H and O–H groups in total. The summed E-state index contributed by atoms with van der Waals surface area (Å²) in [4.78, 5) is 20.3. The van der Waals surface area contributed by atoms with Gasteiger partial charge in [0.15, 0.2) is 5.69 Å². The molecule has 0 spiro atoms. The predicted molar refractivity (Wildman–Crippen MR) is 68.2 cm³/mol. The lowest BCUT2D eigenvalue weighted by Gasteiger charge is -2.08. The Labute approximate surface area is 110 Å². The van der Waals surface area contributed by atoms with Crippen LogP contribution in [0.3, 0.4) is 0 Å². The van der Waals surface area contributed by atoms with E-state index in [4.69, 9.17) is 5.73 Å². The molecule has 0 fully saturated rings. The highest BCUT2D eigenvalue weighted by Gasteiger charge is 2.15. The highest BCUT2D eigenvalue weighted by Crippen LogP contribution is 2.13. The number of nitrogens with two attached hydrogens (primary N) is 1. The van der Waals surface area contributed by atoms with Crippen molar-refractivity contribution in [1.82, 2.24) is 20.4 Å². The molecule has 0 unspecified atom stereocenters. The van der Waals surface area contributed by atoms with E-state index in [1.165, 1.54) is 12.5 Å². The third-order valence-electron chi connectivity index (χ3n) is 2.49. The van der Waals surface area contributed by atoms with Gasteiger partial charge in [-0.3, -0.25) is 4.79 Å². The van der Waals surface area contributed by atoms with Gasteiger partial charge in [0.25, 0.3) is 5.91 Å². The second kappa shape index (κ2) is 5.47. The summed E-state index contributed by atoms with van der Waals surface area (Å²) < 4.78 is 4.68. The molecule has 0 atom stereocenters. The number of rotatable bonds is 4. The van der Waals surface area contributed by atoms with Crippen molar-refractivity contribution in [2.45, 2.75) is 26.3 Å². The fourth-order valence-electron chi connectivity index (χ4n) is 1.45. The zero-order valence-electron chi connectivity index (χ0n) is 10.8. The van der Waals surface area contributed by atoms with Crippen LogP contribution in [0.15, 0.2) is 23.0 Å². The summed E-state index contributed by atoms with van der Waals surface area (Å²) in [5.41, 5.74) is 6.78. The van der Waals surface area contributed by atoms with Crippen LogP contribution in [0.1, 0.15) is 41.8 Å². The molecule has 0 aliphatic rings. The third kappa shape index (κ3) is 3.06. The van der Waals surface area contributed by atoms with Crippen LogP contribution in [-0.2, 0) is 6.54 Å². The normalized spacial score (nSPS) is 10.7. The van der Waals surface area contributed by atoms with E-state index in [0.717, 1.165) is 0 Å². The largest absolute Gasteiger partial charge is 0.396 e. The summed E-state index contributed by atoms with van der Waals surface area (Å²) in [5, 5.41) is 6.37. The first-order chi connectivity index (χ1) is 9.08. The molecule has 0 saturated carbocycles. The summed E-state index contributed by atoms with van der Waals surface area (Å²) in [6, 6.07) is 1.67. The van der Waals surface area contributed by atoms with E-state index >= 15 is 0 Å². The SMILES string of the molecule is CC(C)c1ncc(N)c(C(=O)NCc2ccon2)n1. The monoisotopic (exact) mass is 261 g/mol. The Kier molecular flexibility index (Phi) is 3.74. The van der Waals surface area contributed by atoms with E-state index in [-0.39, 0.29) is 29.8 Å². The van der Waals surface area contributed by atoms with Gasteiger partial charge >= 0.3 is 0 Å². The van der Waals surface area contributed by atoms with Crippen molar-refractivity contribution < 1.29 is 9.32 Å². The molecule has 0 aliphatic carbocycles. The average Bonchev–Trinajstić information content (AvgIpc) is 2.89. The average molecular weight is 261 g/mol. The second-order valence-electron chi connectivity index (χ2n) is 4.36. The predicted octanol–water partition coefficient (Wildman–Crippen LogP) is 1.10. The summed E-state index contributed by atoms with van der Waals surface area (Å²) in [5.74, 6) is 0.355. The quantitative estimate of drug-likeness (QED) is 0.853. The zero-order valence-corrected chi connectivity index (χ0v) is 10.8. The fraction of sp³-hybridized carbons (Fsp3) is 0.333. The van der Waals surface area contributed by atoms with Gasteiger partial charge in [0.1, 0.15) is 17.8 Å². The lowest BCUT2D eigenvalue weighted by atomic mass is 10.2. The fourth-order valence-corrected chi connectivity index (χ4v) is 1.45. The van der Waals surface area contributed by atoms with Crippen molar-refractivity contribution in [1.29, 1.82) is 0 Å². The number of carbonyl (C=O) groups excluding carboxylic acids is 1. The molecule has 0 radical (unpaired) electrons. The maximum Gasteiger partial charge on any atom is 0.272 e. The maximum atomic E-state index is 12.0. The Morgan fingerprint density at radius 3 is 2.95 bits per heavy atom. The number of anilines is 1. The molecule has 2 rings (SSSR count). The number of aromatic nitrogens is 3. The van der Waals surface area contributed by atoms with Gasteiger partial charge in [0.2, 0.25) is 0 Å². The van der Waals surface area contributed by atoms with Crippen LogP contribution < -0.4 is 11.1 Å². The Hall–Kier alpha value is -2.44. The van der Waals surface area contributed by atoms with Gasteiger partial charge in [-0.15, -0.1) is 0 Å². The molecule has 2 heterocycles. The van der Waals surface area contributed by atoms with E-state index in [0.29, 0.717) is 11.5 Å². The van der Waals surface area contributed by atoms with E-state index in [1.54, 1.807) is 6.07 Å². The molecule has 0 aliphatic heterocycles. The van der Waals surface area contributed by atoms with Gasteiger partial charge in [0.05, 0.1) is 18.4 Å². The molecular formula is C12H15N5O2. The highest BCUT2D eigenvalue weighted by atomic mass is 16.5. The van der Waals surface area contributed by atoms with Gasteiger partial charge in [-0.1, -0.05) is 19.0 Å². The van der Waals surface area contributed by atoms with Crippen LogP contribution in [0.4, 0.5) is 5.69 Å². The van der Waals surface area contributed by atoms with E-state index in [9.17, 15) is 4.79 Å². The number of amides is 1. The molecule has 0 bridgehead atoms. The lowest BCUT2D eigenvalue weighted by Crippen LogP contribution is -2.25. The van der Waals surface area contributed by atoms with E-state index in [1.807, 2.05) is 13.8 Å². The lowest BCUT2D eigenvalue weighted by molar-refractivity contribution is 0.0945. The number of hydrogen-bond acceptors (Lipinski definition) is 6. The Morgan fingerprint density at radius 2 is 2.32 bits per heavy atom. The topological polar surface area (TPSA) is 107 Å². The molecule has 7 nitrogen and oxygen atoms in total. The van der Waals surface area contributed by atoms with Gasteiger partial charge in [-0.25, -0.2) is 9.97 Å². The number of nitrogen functional groups attached to an aromatic ring is 1. The number of carbonyl (C=O) groups is 1. The first-order valence-corrected chi connectivity index (χ1v) is 5.87.